The van der Waals surface area contributed by atoms with Crippen LogP contribution in [0.2, 0.25) is 0 Å². The molecule has 1 aromatic heterocycles. The third kappa shape index (κ3) is 2.34. The molecule has 2 aromatic rings. The van der Waals surface area contributed by atoms with Gasteiger partial charge in [0.15, 0.2) is 0 Å². The Balaban J connectivity index is 2.11. The zero-order valence-electron chi connectivity index (χ0n) is 12.7. The van der Waals surface area contributed by atoms with Crippen LogP contribution in [0, 0.1) is 10.1 Å². The molecule has 0 amide bonds. The number of aromatic nitrogens is 2. The van der Waals surface area contributed by atoms with Gasteiger partial charge in [0.2, 0.25) is 0 Å². The molecule has 1 atom stereocenters. The highest BCUT2D eigenvalue weighted by Crippen LogP contribution is 2.39. The van der Waals surface area contributed by atoms with Gasteiger partial charge in [0.1, 0.15) is 5.69 Å². The first kappa shape index (κ1) is 14.6. The molecule has 2 N–H and O–H groups in total. The van der Waals surface area contributed by atoms with Crippen LogP contribution in [-0.4, -0.2) is 14.5 Å². The third-order valence-electron chi connectivity index (χ3n) is 4.43. The van der Waals surface area contributed by atoms with Crippen molar-refractivity contribution in [2.75, 3.05) is 5.73 Å². The number of nitro groups is 1. The van der Waals surface area contributed by atoms with Crippen molar-refractivity contribution in [3.63, 3.8) is 0 Å². The molecule has 0 bridgehead atoms. The maximum atomic E-state index is 11.5. The molecule has 1 aliphatic rings. The normalized spacial score (nSPS) is 16.7. The SMILES string of the molecule is CCCCc1c(C2CCc3cncn32)ccc(N)c1[N+](=O)[O-]. The van der Waals surface area contributed by atoms with Crippen molar-refractivity contribution in [3.05, 3.63) is 51.6 Å². The van der Waals surface area contributed by atoms with Gasteiger partial charge in [-0.25, -0.2) is 4.98 Å². The van der Waals surface area contributed by atoms with E-state index in [1.165, 1.54) is 5.69 Å². The van der Waals surface area contributed by atoms with E-state index in [9.17, 15) is 10.1 Å². The standard InChI is InChI=1S/C16H20N4O2/c1-2-3-4-13-12(6-7-14(17)16(13)20(21)22)15-8-5-11-9-18-10-19(11)15/h6-7,9-10,15H,2-5,8,17H2,1H3. The number of nitrogens with zero attached hydrogens (tertiary/aromatic N) is 3. The first-order valence-corrected chi connectivity index (χ1v) is 7.69. The summed E-state index contributed by atoms with van der Waals surface area (Å²) in [6, 6.07) is 3.74. The molecule has 22 heavy (non-hydrogen) atoms. The van der Waals surface area contributed by atoms with Crippen molar-refractivity contribution in [2.24, 2.45) is 0 Å². The number of benzene rings is 1. The third-order valence-corrected chi connectivity index (χ3v) is 4.43. The van der Waals surface area contributed by atoms with Crippen LogP contribution in [0.15, 0.2) is 24.7 Å². The Hall–Kier alpha value is -2.37. The fourth-order valence-electron chi connectivity index (χ4n) is 3.35. The Morgan fingerprint density at radius 1 is 1.50 bits per heavy atom. The maximum Gasteiger partial charge on any atom is 0.295 e. The van der Waals surface area contributed by atoms with Crippen LogP contribution in [-0.2, 0) is 12.8 Å². The minimum Gasteiger partial charge on any atom is -0.393 e. The number of imidazole rings is 1. The lowest BCUT2D eigenvalue weighted by Crippen LogP contribution is -2.11. The molecule has 0 radical (unpaired) electrons. The maximum absolute atomic E-state index is 11.5. The van der Waals surface area contributed by atoms with Crippen LogP contribution in [0.25, 0.3) is 0 Å². The van der Waals surface area contributed by atoms with Crippen LogP contribution in [0.4, 0.5) is 11.4 Å². The van der Waals surface area contributed by atoms with Gasteiger partial charge < -0.3 is 10.3 Å². The highest BCUT2D eigenvalue weighted by molar-refractivity contribution is 5.65. The summed E-state index contributed by atoms with van der Waals surface area (Å²) in [6.07, 6.45) is 8.20. The number of aryl methyl sites for hydroxylation is 1. The Morgan fingerprint density at radius 3 is 3.05 bits per heavy atom. The van der Waals surface area contributed by atoms with Gasteiger partial charge >= 0.3 is 0 Å². The van der Waals surface area contributed by atoms with Crippen LogP contribution < -0.4 is 5.73 Å². The highest BCUT2D eigenvalue weighted by atomic mass is 16.6. The molecule has 1 unspecified atom stereocenters. The summed E-state index contributed by atoms with van der Waals surface area (Å²) < 4.78 is 2.13. The van der Waals surface area contributed by atoms with Gasteiger partial charge in [-0.15, -0.1) is 0 Å². The van der Waals surface area contributed by atoms with Gasteiger partial charge in [-0.1, -0.05) is 19.4 Å². The molecular formula is C16H20N4O2. The zero-order valence-corrected chi connectivity index (χ0v) is 12.7. The van der Waals surface area contributed by atoms with Crippen molar-refractivity contribution in [1.29, 1.82) is 0 Å². The van der Waals surface area contributed by atoms with Gasteiger partial charge in [0, 0.05) is 17.5 Å². The summed E-state index contributed by atoms with van der Waals surface area (Å²) in [5.74, 6) is 0. The van der Waals surface area contributed by atoms with Crippen LogP contribution in [0.3, 0.4) is 0 Å². The molecule has 2 heterocycles. The van der Waals surface area contributed by atoms with Gasteiger partial charge in [0.05, 0.1) is 17.3 Å². The minimum atomic E-state index is -0.340. The van der Waals surface area contributed by atoms with E-state index in [-0.39, 0.29) is 22.3 Å². The summed E-state index contributed by atoms with van der Waals surface area (Å²) >= 11 is 0. The minimum absolute atomic E-state index is 0.0829. The number of nitro benzene ring substituents is 1. The van der Waals surface area contributed by atoms with Crippen molar-refractivity contribution >= 4 is 11.4 Å². The number of fused-ring (bicyclic) bond motifs is 1. The predicted molar refractivity (Wildman–Crippen MR) is 84.8 cm³/mol. The monoisotopic (exact) mass is 300 g/mol. The number of rotatable bonds is 5. The van der Waals surface area contributed by atoms with Crippen LogP contribution in [0.5, 0.6) is 0 Å². The largest absolute Gasteiger partial charge is 0.393 e. The molecule has 1 aliphatic heterocycles. The van der Waals surface area contributed by atoms with E-state index in [1.807, 2.05) is 18.6 Å². The highest BCUT2D eigenvalue weighted by Gasteiger charge is 2.29. The molecule has 0 saturated carbocycles. The lowest BCUT2D eigenvalue weighted by molar-refractivity contribution is -0.384. The van der Waals surface area contributed by atoms with Crippen LogP contribution >= 0.6 is 0 Å². The molecule has 6 nitrogen and oxygen atoms in total. The van der Waals surface area contributed by atoms with Gasteiger partial charge in [-0.2, -0.15) is 0 Å². The van der Waals surface area contributed by atoms with Gasteiger partial charge in [0.25, 0.3) is 5.69 Å². The van der Waals surface area contributed by atoms with E-state index in [4.69, 9.17) is 5.73 Å². The lowest BCUT2D eigenvalue weighted by atomic mass is 9.93. The van der Waals surface area contributed by atoms with Gasteiger partial charge in [-0.3, -0.25) is 10.1 Å². The van der Waals surface area contributed by atoms with E-state index in [0.717, 1.165) is 36.8 Å². The number of unbranched alkanes of at least 4 members (excludes halogenated alkanes) is 1. The van der Waals surface area contributed by atoms with E-state index >= 15 is 0 Å². The summed E-state index contributed by atoms with van der Waals surface area (Å²) in [4.78, 5) is 15.3. The Morgan fingerprint density at radius 2 is 2.32 bits per heavy atom. The molecule has 1 aromatic carbocycles. The average molecular weight is 300 g/mol. The lowest BCUT2D eigenvalue weighted by Gasteiger charge is -2.18. The number of anilines is 1. The van der Waals surface area contributed by atoms with Gasteiger partial charge in [-0.05, 0) is 37.3 Å². The number of hydrogen-bond acceptors (Lipinski definition) is 4. The smallest absolute Gasteiger partial charge is 0.295 e. The van der Waals surface area contributed by atoms with Crippen molar-refractivity contribution in [1.82, 2.24) is 9.55 Å². The summed E-state index contributed by atoms with van der Waals surface area (Å²) in [5.41, 5.74) is 9.21. The van der Waals surface area contributed by atoms with Crippen molar-refractivity contribution < 1.29 is 4.92 Å². The summed E-state index contributed by atoms with van der Waals surface area (Å²) in [5, 5.41) is 11.5. The second kappa shape index (κ2) is 5.79. The van der Waals surface area contributed by atoms with Crippen LogP contribution in [0.1, 0.15) is 49.0 Å². The predicted octanol–water partition coefficient (Wildman–Crippen LogP) is 3.25. The van der Waals surface area contributed by atoms with Crippen molar-refractivity contribution in [3.8, 4) is 0 Å². The second-order valence-electron chi connectivity index (χ2n) is 5.78. The number of nitrogens with two attached hydrogens (primary N) is 1. The first-order chi connectivity index (χ1) is 10.6. The quantitative estimate of drug-likeness (QED) is 0.521. The molecule has 3 rings (SSSR count). The topological polar surface area (TPSA) is 87.0 Å². The second-order valence-corrected chi connectivity index (χ2v) is 5.78. The average Bonchev–Trinajstić information content (AvgIpc) is 3.08. The molecule has 0 aliphatic carbocycles. The Bertz CT molecular complexity index is 708. The van der Waals surface area contributed by atoms with E-state index < -0.39 is 0 Å². The molecular weight excluding hydrogens is 280 g/mol. The summed E-state index contributed by atoms with van der Waals surface area (Å²) in [7, 11) is 0. The van der Waals surface area contributed by atoms with E-state index in [2.05, 4.69) is 16.5 Å². The first-order valence-electron chi connectivity index (χ1n) is 7.69. The fraction of sp³-hybridized carbons (Fsp3) is 0.438. The number of hydrogen-bond donors (Lipinski definition) is 1. The fourth-order valence-corrected chi connectivity index (χ4v) is 3.35. The molecule has 0 saturated heterocycles. The van der Waals surface area contributed by atoms with Crippen molar-refractivity contribution in [2.45, 2.75) is 45.1 Å². The molecule has 6 heteroatoms. The Kier molecular flexibility index (Phi) is 3.83. The van der Waals surface area contributed by atoms with E-state index in [1.54, 1.807) is 6.07 Å². The van der Waals surface area contributed by atoms with E-state index in [0.29, 0.717) is 6.42 Å². The molecule has 0 fully saturated rings. The summed E-state index contributed by atoms with van der Waals surface area (Å²) in [6.45, 7) is 2.08. The number of nitrogen functional groups attached to an aromatic ring is 1. The molecule has 116 valence electrons. The molecule has 0 spiro atoms. The Labute approximate surface area is 129 Å². The zero-order chi connectivity index (χ0) is 15.7.